The first-order valence-corrected chi connectivity index (χ1v) is 10.1. The summed E-state index contributed by atoms with van der Waals surface area (Å²) in [4.78, 5) is 6.39. The van der Waals surface area contributed by atoms with Gasteiger partial charge in [0, 0.05) is 55.8 Å². The molecule has 140 valence electrons. The van der Waals surface area contributed by atoms with E-state index in [1.54, 1.807) is 7.11 Å². The van der Waals surface area contributed by atoms with Gasteiger partial charge >= 0.3 is 0 Å². The molecule has 0 amide bonds. The van der Waals surface area contributed by atoms with Crippen molar-refractivity contribution in [1.29, 1.82) is 0 Å². The van der Waals surface area contributed by atoms with Gasteiger partial charge in [0.25, 0.3) is 0 Å². The SMILES string of the molecule is COc1ccccc1C=CCN1CCN(Cc2cccs2)C(CCO)C1. The second-order valence-corrected chi connectivity index (χ2v) is 7.65. The van der Waals surface area contributed by atoms with E-state index < -0.39 is 0 Å². The van der Waals surface area contributed by atoms with Crippen LogP contribution in [0.4, 0.5) is 0 Å². The molecule has 3 rings (SSSR count). The average Bonchev–Trinajstić information content (AvgIpc) is 3.17. The van der Waals surface area contributed by atoms with Gasteiger partial charge < -0.3 is 9.84 Å². The molecular weight excluding hydrogens is 344 g/mol. The van der Waals surface area contributed by atoms with E-state index in [0.717, 1.165) is 50.5 Å². The van der Waals surface area contributed by atoms with Gasteiger partial charge in [0.05, 0.1) is 7.11 Å². The smallest absolute Gasteiger partial charge is 0.126 e. The Kier molecular flexibility index (Phi) is 7.26. The normalized spacial score (nSPS) is 19.2. The number of aliphatic hydroxyl groups is 1. The van der Waals surface area contributed by atoms with Crippen LogP contribution in [0.25, 0.3) is 6.08 Å². The van der Waals surface area contributed by atoms with Crippen molar-refractivity contribution in [2.24, 2.45) is 0 Å². The molecule has 4 nitrogen and oxygen atoms in total. The minimum atomic E-state index is 0.247. The van der Waals surface area contributed by atoms with Crippen LogP contribution in [0.5, 0.6) is 5.75 Å². The molecule has 1 saturated heterocycles. The molecule has 0 radical (unpaired) electrons. The van der Waals surface area contributed by atoms with Crippen LogP contribution in [0, 0.1) is 0 Å². The number of hydrogen-bond acceptors (Lipinski definition) is 5. The maximum absolute atomic E-state index is 9.46. The Morgan fingerprint density at radius 3 is 2.88 bits per heavy atom. The lowest BCUT2D eigenvalue weighted by Gasteiger charge is -2.41. The summed E-state index contributed by atoms with van der Waals surface area (Å²) < 4.78 is 5.40. The number of ether oxygens (including phenoxy) is 1. The van der Waals surface area contributed by atoms with Gasteiger partial charge in [0.2, 0.25) is 0 Å². The molecule has 26 heavy (non-hydrogen) atoms. The molecule has 0 aliphatic carbocycles. The van der Waals surface area contributed by atoms with Gasteiger partial charge in [-0.05, 0) is 23.9 Å². The molecule has 5 heteroatoms. The topological polar surface area (TPSA) is 35.9 Å². The van der Waals surface area contributed by atoms with Crippen molar-refractivity contribution < 1.29 is 9.84 Å². The van der Waals surface area contributed by atoms with Crippen LogP contribution in [0.3, 0.4) is 0 Å². The fraction of sp³-hybridized carbons (Fsp3) is 0.429. The highest BCUT2D eigenvalue weighted by Crippen LogP contribution is 2.20. The molecule has 1 aliphatic heterocycles. The molecule has 1 unspecified atom stereocenters. The summed E-state index contributed by atoms with van der Waals surface area (Å²) in [5.41, 5.74) is 1.11. The van der Waals surface area contributed by atoms with Crippen LogP contribution < -0.4 is 4.74 Å². The summed E-state index contributed by atoms with van der Waals surface area (Å²) in [5, 5.41) is 11.6. The van der Waals surface area contributed by atoms with Crippen molar-refractivity contribution in [3.05, 3.63) is 58.3 Å². The largest absolute Gasteiger partial charge is 0.496 e. The molecule has 1 N–H and O–H groups in total. The number of piperazine rings is 1. The lowest BCUT2D eigenvalue weighted by atomic mass is 10.1. The summed E-state index contributed by atoms with van der Waals surface area (Å²) in [6.07, 6.45) is 5.18. The summed E-state index contributed by atoms with van der Waals surface area (Å²) >= 11 is 1.81. The van der Waals surface area contributed by atoms with Crippen molar-refractivity contribution in [1.82, 2.24) is 9.80 Å². The van der Waals surface area contributed by atoms with E-state index in [1.807, 2.05) is 29.5 Å². The summed E-state index contributed by atoms with van der Waals surface area (Å²) in [6.45, 7) is 5.27. The first kappa shape index (κ1) is 19.1. The van der Waals surface area contributed by atoms with Crippen LogP contribution in [0.2, 0.25) is 0 Å². The molecule has 2 heterocycles. The highest BCUT2D eigenvalue weighted by molar-refractivity contribution is 7.09. The van der Waals surface area contributed by atoms with Crippen molar-refractivity contribution in [3.63, 3.8) is 0 Å². The van der Waals surface area contributed by atoms with Gasteiger partial charge in [0.1, 0.15) is 5.75 Å². The van der Waals surface area contributed by atoms with Gasteiger partial charge in [0.15, 0.2) is 0 Å². The van der Waals surface area contributed by atoms with Crippen molar-refractivity contribution in [2.45, 2.75) is 19.0 Å². The maximum atomic E-state index is 9.46. The average molecular weight is 373 g/mol. The Morgan fingerprint density at radius 1 is 1.23 bits per heavy atom. The Hall–Kier alpha value is -1.66. The van der Waals surface area contributed by atoms with Crippen molar-refractivity contribution >= 4 is 17.4 Å². The number of thiophene rings is 1. The van der Waals surface area contributed by atoms with Crippen LogP contribution in [-0.2, 0) is 6.54 Å². The second kappa shape index (κ2) is 9.88. The van der Waals surface area contributed by atoms with E-state index in [9.17, 15) is 5.11 Å². The van der Waals surface area contributed by atoms with Gasteiger partial charge in [-0.3, -0.25) is 9.80 Å². The molecule has 0 bridgehead atoms. The highest BCUT2D eigenvalue weighted by atomic mass is 32.1. The third-order valence-corrected chi connectivity index (χ3v) is 5.75. The van der Waals surface area contributed by atoms with Crippen LogP contribution >= 0.6 is 11.3 Å². The highest BCUT2D eigenvalue weighted by Gasteiger charge is 2.26. The number of nitrogens with zero attached hydrogens (tertiary/aromatic N) is 2. The molecular formula is C21H28N2O2S. The monoisotopic (exact) mass is 372 g/mol. The Labute approximate surface area is 160 Å². The predicted molar refractivity (Wildman–Crippen MR) is 109 cm³/mol. The molecule has 1 aliphatic rings. The maximum Gasteiger partial charge on any atom is 0.126 e. The third kappa shape index (κ3) is 5.17. The molecule has 1 aromatic carbocycles. The van der Waals surface area contributed by atoms with Gasteiger partial charge in [-0.25, -0.2) is 0 Å². The first-order chi connectivity index (χ1) is 12.8. The van der Waals surface area contributed by atoms with Crippen molar-refractivity contribution in [2.75, 3.05) is 39.9 Å². The predicted octanol–water partition coefficient (Wildman–Crippen LogP) is 3.34. The lowest BCUT2D eigenvalue weighted by molar-refractivity contribution is 0.0604. The minimum Gasteiger partial charge on any atom is -0.496 e. The van der Waals surface area contributed by atoms with Crippen molar-refractivity contribution in [3.8, 4) is 5.75 Å². The zero-order chi connectivity index (χ0) is 18.2. The fourth-order valence-electron chi connectivity index (χ4n) is 3.49. The van der Waals surface area contributed by atoms with E-state index in [2.05, 4.69) is 45.5 Å². The zero-order valence-corrected chi connectivity index (χ0v) is 16.2. The van der Waals surface area contributed by atoms with Crippen LogP contribution in [0.1, 0.15) is 16.9 Å². The summed E-state index contributed by atoms with van der Waals surface area (Å²) in [5.74, 6) is 0.905. The van der Waals surface area contributed by atoms with E-state index in [-0.39, 0.29) is 6.61 Å². The van der Waals surface area contributed by atoms with E-state index in [1.165, 1.54) is 4.88 Å². The quantitative estimate of drug-likeness (QED) is 0.771. The Balaban J connectivity index is 1.56. The minimum absolute atomic E-state index is 0.247. The standard InChI is InChI=1S/C21H28N2O2S/c1-25-21-9-3-2-6-18(21)7-4-11-22-12-13-23(19(16-22)10-14-24)17-20-8-5-15-26-20/h2-9,15,19,24H,10-14,16-17H2,1H3. The van der Waals surface area contributed by atoms with Gasteiger partial charge in [-0.1, -0.05) is 36.4 Å². The van der Waals surface area contributed by atoms with E-state index in [0.29, 0.717) is 6.04 Å². The van der Waals surface area contributed by atoms with E-state index in [4.69, 9.17) is 4.74 Å². The van der Waals surface area contributed by atoms with E-state index >= 15 is 0 Å². The summed E-state index contributed by atoms with van der Waals surface area (Å²) in [6, 6.07) is 12.8. The lowest BCUT2D eigenvalue weighted by Crippen LogP contribution is -2.52. The number of rotatable bonds is 8. The van der Waals surface area contributed by atoms with Crippen LogP contribution in [-0.4, -0.2) is 60.8 Å². The zero-order valence-electron chi connectivity index (χ0n) is 15.4. The number of aliphatic hydroxyl groups excluding tert-OH is 1. The molecule has 0 spiro atoms. The number of hydrogen-bond donors (Lipinski definition) is 1. The number of benzene rings is 1. The molecule has 1 fully saturated rings. The first-order valence-electron chi connectivity index (χ1n) is 9.19. The third-order valence-electron chi connectivity index (χ3n) is 4.89. The van der Waals surface area contributed by atoms with Crippen LogP contribution in [0.15, 0.2) is 47.9 Å². The van der Waals surface area contributed by atoms with Gasteiger partial charge in [-0.2, -0.15) is 0 Å². The summed E-state index contributed by atoms with van der Waals surface area (Å²) in [7, 11) is 1.71. The Bertz CT molecular complexity index is 687. The number of methoxy groups -OCH3 is 1. The number of para-hydroxylation sites is 1. The Morgan fingerprint density at radius 2 is 2.12 bits per heavy atom. The molecule has 1 aromatic heterocycles. The van der Waals surface area contributed by atoms with Gasteiger partial charge in [-0.15, -0.1) is 11.3 Å². The molecule has 0 saturated carbocycles. The fourth-order valence-corrected chi connectivity index (χ4v) is 4.22. The molecule has 1 atom stereocenters. The second-order valence-electron chi connectivity index (χ2n) is 6.62. The molecule has 2 aromatic rings.